The summed E-state index contributed by atoms with van der Waals surface area (Å²) >= 11 is 0. The van der Waals surface area contributed by atoms with Gasteiger partial charge < -0.3 is 19.3 Å². The van der Waals surface area contributed by atoms with E-state index in [9.17, 15) is 9.59 Å². The van der Waals surface area contributed by atoms with Gasteiger partial charge >= 0.3 is 6.09 Å². The maximum Gasteiger partial charge on any atom is 0.410 e. The van der Waals surface area contributed by atoms with Crippen molar-refractivity contribution in [2.45, 2.75) is 59.1 Å². The van der Waals surface area contributed by atoms with Gasteiger partial charge in [0, 0.05) is 19.3 Å². The highest BCUT2D eigenvalue weighted by Gasteiger charge is 2.42. The molecule has 0 saturated carbocycles. The molecule has 1 heterocycles. The number of carbonyl (C=O) groups excluding carboxylic acids is 2. The number of methoxy groups -OCH3 is 1. The van der Waals surface area contributed by atoms with Crippen molar-refractivity contribution in [3.63, 3.8) is 0 Å². The van der Waals surface area contributed by atoms with Gasteiger partial charge in [-0.1, -0.05) is 55.5 Å². The first-order chi connectivity index (χ1) is 18.5. The number of anilines is 1. The van der Waals surface area contributed by atoms with E-state index in [1.54, 1.807) is 19.1 Å². The molecule has 6 heteroatoms. The third kappa shape index (κ3) is 6.80. The van der Waals surface area contributed by atoms with E-state index in [0.29, 0.717) is 32.4 Å². The number of benzene rings is 3. The van der Waals surface area contributed by atoms with Crippen molar-refractivity contribution in [2.75, 3.05) is 25.6 Å². The Morgan fingerprint density at radius 1 is 1.00 bits per heavy atom. The van der Waals surface area contributed by atoms with E-state index in [4.69, 9.17) is 9.47 Å². The number of nitrogens with zero attached hydrogens (tertiary/aromatic N) is 2. The van der Waals surface area contributed by atoms with Gasteiger partial charge in [-0.2, -0.15) is 0 Å². The molecule has 0 spiro atoms. The number of rotatable bonds is 8. The van der Waals surface area contributed by atoms with E-state index < -0.39 is 11.0 Å². The normalized spacial score (nSPS) is 17.0. The molecule has 6 nitrogen and oxygen atoms in total. The Labute approximate surface area is 232 Å². The SMILES string of the molecule is COc1ccc(CN2C(=O)C(C)(CCCN(C)C(=O)OC(C)(C)C)Cc3cc(-c4ccccc4)ccc32)cc1. The highest BCUT2D eigenvalue weighted by Crippen LogP contribution is 2.42. The van der Waals surface area contributed by atoms with Crippen LogP contribution >= 0.6 is 0 Å². The number of hydrogen-bond donors (Lipinski definition) is 0. The van der Waals surface area contributed by atoms with Crippen molar-refractivity contribution < 1.29 is 19.1 Å². The molecule has 2 amide bonds. The van der Waals surface area contributed by atoms with Crippen LogP contribution in [0.2, 0.25) is 0 Å². The van der Waals surface area contributed by atoms with Gasteiger partial charge in [0.15, 0.2) is 0 Å². The largest absolute Gasteiger partial charge is 0.497 e. The minimum Gasteiger partial charge on any atom is -0.497 e. The summed E-state index contributed by atoms with van der Waals surface area (Å²) in [6.07, 6.45) is 1.66. The maximum atomic E-state index is 14.1. The van der Waals surface area contributed by atoms with Crippen LogP contribution in [0.25, 0.3) is 11.1 Å². The predicted octanol–water partition coefficient (Wildman–Crippen LogP) is 7.10. The van der Waals surface area contributed by atoms with Crippen LogP contribution in [-0.2, 0) is 22.5 Å². The van der Waals surface area contributed by atoms with Crippen LogP contribution in [0.1, 0.15) is 51.7 Å². The van der Waals surface area contributed by atoms with Gasteiger partial charge in [0.05, 0.1) is 19.1 Å². The average Bonchev–Trinajstić information content (AvgIpc) is 2.91. The molecule has 0 aromatic heterocycles. The minimum atomic E-state index is -0.594. The fraction of sp³-hybridized carbons (Fsp3) is 0.394. The van der Waals surface area contributed by atoms with Gasteiger partial charge in [-0.3, -0.25) is 4.79 Å². The van der Waals surface area contributed by atoms with Crippen LogP contribution in [0, 0.1) is 5.41 Å². The number of hydrogen-bond acceptors (Lipinski definition) is 4. The quantitative estimate of drug-likeness (QED) is 0.313. The molecule has 39 heavy (non-hydrogen) atoms. The van der Waals surface area contributed by atoms with Crippen LogP contribution in [0.3, 0.4) is 0 Å². The zero-order valence-electron chi connectivity index (χ0n) is 24.0. The van der Waals surface area contributed by atoms with Gasteiger partial charge in [0.2, 0.25) is 5.91 Å². The lowest BCUT2D eigenvalue weighted by Crippen LogP contribution is -2.47. The summed E-state index contributed by atoms with van der Waals surface area (Å²) < 4.78 is 10.8. The van der Waals surface area contributed by atoms with Gasteiger partial charge in [-0.05, 0) is 86.6 Å². The van der Waals surface area contributed by atoms with E-state index >= 15 is 0 Å². The second-order valence-electron chi connectivity index (χ2n) is 11.7. The Balaban J connectivity index is 1.59. The zero-order chi connectivity index (χ0) is 28.2. The van der Waals surface area contributed by atoms with Crippen LogP contribution < -0.4 is 9.64 Å². The second-order valence-corrected chi connectivity index (χ2v) is 11.7. The molecule has 0 radical (unpaired) electrons. The molecule has 1 aliphatic rings. The van der Waals surface area contributed by atoms with Gasteiger partial charge in [-0.25, -0.2) is 4.79 Å². The monoisotopic (exact) mass is 528 g/mol. The standard InChI is InChI=1S/C33H40N2O4/c1-32(2,3)39-31(37)34(5)20-10-19-33(4)22-27-21-26(25-11-8-7-9-12-25)15-18-29(27)35(30(33)36)23-24-13-16-28(38-6)17-14-24/h7-9,11-18,21H,10,19-20,22-23H2,1-6H3. The summed E-state index contributed by atoms with van der Waals surface area (Å²) in [6, 6.07) is 24.6. The Kier molecular flexibility index (Phi) is 8.34. The minimum absolute atomic E-state index is 0.109. The summed E-state index contributed by atoms with van der Waals surface area (Å²) in [5.74, 6) is 0.897. The zero-order valence-corrected chi connectivity index (χ0v) is 24.0. The van der Waals surface area contributed by atoms with Gasteiger partial charge in [-0.15, -0.1) is 0 Å². The third-order valence-corrected chi connectivity index (χ3v) is 7.25. The lowest BCUT2D eigenvalue weighted by molar-refractivity contribution is -0.128. The summed E-state index contributed by atoms with van der Waals surface area (Å²) in [4.78, 5) is 30.0. The molecule has 0 aliphatic carbocycles. The Bertz CT molecular complexity index is 1300. The molecule has 206 valence electrons. The molecule has 0 bridgehead atoms. The van der Waals surface area contributed by atoms with Crippen LogP contribution in [0.4, 0.5) is 10.5 Å². The molecule has 0 saturated heterocycles. The van der Waals surface area contributed by atoms with Crippen molar-refractivity contribution in [2.24, 2.45) is 5.41 Å². The van der Waals surface area contributed by atoms with E-state index in [0.717, 1.165) is 33.7 Å². The number of ether oxygens (including phenoxy) is 2. The molecule has 0 N–H and O–H groups in total. The van der Waals surface area contributed by atoms with Crippen molar-refractivity contribution in [3.8, 4) is 16.9 Å². The summed E-state index contributed by atoms with van der Waals surface area (Å²) in [7, 11) is 3.39. The van der Waals surface area contributed by atoms with E-state index in [1.807, 2.05) is 68.1 Å². The Morgan fingerprint density at radius 3 is 2.33 bits per heavy atom. The van der Waals surface area contributed by atoms with E-state index in [-0.39, 0.29) is 12.0 Å². The Morgan fingerprint density at radius 2 is 1.69 bits per heavy atom. The molecule has 3 aromatic carbocycles. The van der Waals surface area contributed by atoms with Gasteiger partial charge in [0.25, 0.3) is 0 Å². The third-order valence-electron chi connectivity index (χ3n) is 7.25. The van der Waals surface area contributed by atoms with Crippen LogP contribution in [-0.4, -0.2) is 43.2 Å². The number of carbonyl (C=O) groups is 2. The van der Waals surface area contributed by atoms with Crippen LogP contribution in [0.5, 0.6) is 5.75 Å². The molecular weight excluding hydrogens is 488 g/mol. The molecule has 3 aromatic rings. The maximum absolute atomic E-state index is 14.1. The molecule has 4 rings (SSSR count). The lowest BCUT2D eigenvalue weighted by Gasteiger charge is -2.41. The van der Waals surface area contributed by atoms with Crippen molar-refractivity contribution in [3.05, 3.63) is 83.9 Å². The first kappa shape index (κ1) is 28.2. The molecule has 0 fully saturated rings. The lowest BCUT2D eigenvalue weighted by atomic mass is 9.74. The van der Waals surface area contributed by atoms with E-state index in [1.165, 1.54) is 0 Å². The van der Waals surface area contributed by atoms with Crippen molar-refractivity contribution in [1.29, 1.82) is 0 Å². The number of amides is 2. The second kappa shape index (κ2) is 11.5. The highest BCUT2D eigenvalue weighted by atomic mass is 16.6. The molecule has 1 aliphatic heterocycles. The molecule has 1 atom stereocenters. The van der Waals surface area contributed by atoms with Crippen LogP contribution in [0.15, 0.2) is 72.8 Å². The smallest absolute Gasteiger partial charge is 0.410 e. The van der Waals surface area contributed by atoms with Gasteiger partial charge in [0.1, 0.15) is 11.4 Å². The topological polar surface area (TPSA) is 59.1 Å². The average molecular weight is 529 g/mol. The number of fused-ring (bicyclic) bond motifs is 1. The summed E-state index contributed by atoms with van der Waals surface area (Å²) in [6.45, 7) is 8.64. The van der Waals surface area contributed by atoms with Crippen molar-refractivity contribution in [1.82, 2.24) is 4.90 Å². The van der Waals surface area contributed by atoms with E-state index in [2.05, 4.69) is 37.3 Å². The van der Waals surface area contributed by atoms with Crippen molar-refractivity contribution >= 4 is 17.7 Å². The fourth-order valence-corrected chi connectivity index (χ4v) is 5.14. The highest BCUT2D eigenvalue weighted by molar-refractivity contribution is 6.00. The first-order valence-corrected chi connectivity index (χ1v) is 13.6. The fourth-order valence-electron chi connectivity index (χ4n) is 5.14. The molecular formula is C33H40N2O4. The predicted molar refractivity (Wildman–Crippen MR) is 156 cm³/mol. The summed E-state index contributed by atoms with van der Waals surface area (Å²) in [5.41, 5.74) is 4.31. The first-order valence-electron chi connectivity index (χ1n) is 13.6. The summed E-state index contributed by atoms with van der Waals surface area (Å²) in [5, 5.41) is 0. The molecule has 1 unspecified atom stereocenters. The Hall–Kier alpha value is -3.80.